The molecule has 0 aliphatic carbocycles. The van der Waals surface area contributed by atoms with Crippen LogP contribution in [0.1, 0.15) is 50.2 Å². The SMILES string of the molecule is CCC(CC)C(=O)N1CC(N)CC(c2cccc(C)c2)C1. The van der Waals surface area contributed by atoms with Crippen molar-refractivity contribution in [1.82, 2.24) is 4.90 Å². The van der Waals surface area contributed by atoms with Gasteiger partial charge in [-0.3, -0.25) is 4.79 Å². The highest BCUT2D eigenvalue weighted by Crippen LogP contribution is 2.28. The van der Waals surface area contributed by atoms with Crippen LogP contribution in [0.25, 0.3) is 0 Å². The molecule has 1 aromatic carbocycles. The maximum Gasteiger partial charge on any atom is 0.225 e. The number of benzene rings is 1. The summed E-state index contributed by atoms with van der Waals surface area (Å²) >= 11 is 0. The molecule has 2 N–H and O–H groups in total. The molecule has 116 valence electrons. The summed E-state index contributed by atoms with van der Waals surface area (Å²) in [6, 6.07) is 8.68. The molecule has 0 radical (unpaired) electrons. The molecule has 0 aromatic heterocycles. The Kier molecular flexibility index (Phi) is 5.40. The van der Waals surface area contributed by atoms with Crippen molar-refractivity contribution in [2.24, 2.45) is 11.7 Å². The Bertz CT molecular complexity index is 482. The Morgan fingerprint density at radius 1 is 1.33 bits per heavy atom. The van der Waals surface area contributed by atoms with Crippen LogP contribution >= 0.6 is 0 Å². The van der Waals surface area contributed by atoms with Gasteiger partial charge in [0.25, 0.3) is 0 Å². The van der Waals surface area contributed by atoms with Gasteiger partial charge in [0.15, 0.2) is 0 Å². The zero-order chi connectivity index (χ0) is 15.4. The minimum Gasteiger partial charge on any atom is -0.340 e. The molecule has 0 spiro atoms. The van der Waals surface area contributed by atoms with E-state index >= 15 is 0 Å². The lowest BCUT2D eigenvalue weighted by Gasteiger charge is -2.38. The number of aryl methyl sites for hydroxylation is 1. The number of amides is 1. The van der Waals surface area contributed by atoms with Gasteiger partial charge in [0.2, 0.25) is 5.91 Å². The predicted octanol–water partition coefficient (Wildman–Crippen LogP) is 3.07. The molecular formula is C18H28N2O. The van der Waals surface area contributed by atoms with Crippen molar-refractivity contribution < 1.29 is 4.79 Å². The summed E-state index contributed by atoms with van der Waals surface area (Å²) in [5.74, 6) is 0.799. The third kappa shape index (κ3) is 3.85. The molecule has 1 amide bonds. The van der Waals surface area contributed by atoms with E-state index in [2.05, 4.69) is 45.0 Å². The summed E-state index contributed by atoms with van der Waals surface area (Å²) in [6.45, 7) is 7.81. The molecule has 3 nitrogen and oxygen atoms in total. The average molecular weight is 288 g/mol. The lowest BCUT2D eigenvalue weighted by atomic mass is 9.87. The van der Waals surface area contributed by atoms with E-state index < -0.39 is 0 Å². The number of carbonyl (C=O) groups excluding carboxylic acids is 1. The molecule has 2 unspecified atom stereocenters. The van der Waals surface area contributed by atoms with Gasteiger partial charge in [0, 0.05) is 31.0 Å². The zero-order valence-corrected chi connectivity index (χ0v) is 13.5. The fraction of sp³-hybridized carbons (Fsp3) is 0.611. The van der Waals surface area contributed by atoms with E-state index in [0.717, 1.165) is 25.8 Å². The maximum atomic E-state index is 12.6. The van der Waals surface area contributed by atoms with Crippen LogP contribution in [0, 0.1) is 12.8 Å². The van der Waals surface area contributed by atoms with E-state index in [1.54, 1.807) is 0 Å². The molecule has 1 fully saturated rings. The zero-order valence-electron chi connectivity index (χ0n) is 13.5. The number of carbonyl (C=O) groups is 1. The summed E-state index contributed by atoms with van der Waals surface area (Å²) in [5, 5.41) is 0. The highest BCUT2D eigenvalue weighted by atomic mass is 16.2. The second-order valence-electron chi connectivity index (χ2n) is 6.36. The molecule has 21 heavy (non-hydrogen) atoms. The van der Waals surface area contributed by atoms with E-state index in [4.69, 9.17) is 5.73 Å². The fourth-order valence-electron chi connectivity index (χ4n) is 3.38. The molecule has 0 bridgehead atoms. The number of piperidine rings is 1. The molecule has 0 saturated carbocycles. The van der Waals surface area contributed by atoms with Crippen LogP contribution in [0.3, 0.4) is 0 Å². The third-order valence-electron chi connectivity index (χ3n) is 4.64. The Labute approximate surface area is 128 Å². The van der Waals surface area contributed by atoms with Gasteiger partial charge in [-0.15, -0.1) is 0 Å². The number of hydrogen-bond acceptors (Lipinski definition) is 2. The van der Waals surface area contributed by atoms with Crippen molar-refractivity contribution in [2.75, 3.05) is 13.1 Å². The van der Waals surface area contributed by atoms with Crippen LogP contribution in [0.2, 0.25) is 0 Å². The van der Waals surface area contributed by atoms with Crippen molar-refractivity contribution in [1.29, 1.82) is 0 Å². The Hall–Kier alpha value is -1.35. The largest absolute Gasteiger partial charge is 0.340 e. The number of hydrogen-bond donors (Lipinski definition) is 1. The van der Waals surface area contributed by atoms with Crippen molar-refractivity contribution in [3.05, 3.63) is 35.4 Å². The van der Waals surface area contributed by atoms with Crippen molar-refractivity contribution in [3.8, 4) is 0 Å². The predicted molar refractivity (Wildman–Crippen MR) is 87.2 cm³/mol. The minimum atomic E-state index is 0.0857. The van der Waals surface area contributed by atoms with E-state index in [1.165, 1.54) is 11.1 Å². The summed E-state index contributed by atoms with van der Waals surface area (Å²) < 4.78 is 0. The topological polar surface area (TPSA) is 46.3 Å². The quantitative estimate of drug-likeness (QED) is 0.925. The van der Waals surface area contributed by atoms with E-state index in [-0.39, 0.29) is 17.9 Å². The smallest absolute Gasteiger partial charge is 0.225 e. The summed E-state index contributed by atoms with van der Waals surface area (Å²) in [4.78, 5) is 14.6. The number of likely N-dealkylation sites (tertiary alicyclic amines) is 1. The Balaban J connectivity index is 2.14. The Morgan fingerprint density at radius 3 is 2.67 bits per heavy atom. The van der Waals surface area contributed by atoms with E-state index in [1.807, 2.05) is 4.90 Å². The van der Waals surface area contributed by atoms with Gasteiger partial charge in [-0.25, -0.2) is 0 Å². The molecule has 1 heterocycles. The molecule has 3 heteroatoms. The molecule has 1 aliphatic heterocycles. The van der Waals surface area contributed by atoms with Crippen LogP contribution < -0.4 is 5.73 Å². The van der Waals surface area contributed by atoms with E-state index in [9.17, 15) is 4.79 Å². The normalized spacial score (nSPS) is 22.6. The highest BCUT2D eigenvalue weighted by Gasteiger charge is 2.31. The molecule has 1 aromatic rings. The molecule has 1 aliphatic rings. The van der Waals surface area contributed by atoms with Gasteiger partial charge in [-0.05, 0) is 31.7 Å². The third-order valence-corrected chi connectivity index (χ3v) is 4.64. The minimum absolute atomic E-state index is 0.0857. The van der Waals surface area contributed by atoms with Gasteiger partial charge < -0.3 is 10.6 Å². The van der Waals surface area contributed by atoms with Gasteiger partial charge in [0.1, 0.15) is 0 Å². The van der Waals surface area contributed by atoms with Gasteiger partial charge in [-0.2, -0.15) is 0 Å². The van der Waals surface area contributed by atoms with Crippen LogP contribution in [0.15, 0.2) is 24.3 Å². The van der Waals surface area contributed by atoms with Crippen molar-refractivity contribution >= 4 is 5.91 Å². The van der Waals surface area contributed by atoms with Crippen LogP contribution in [-0.4, -0.2) is 29.9 Å². The lowest BCUT2D eigenvalue weighted by molar-refractivity contribution is -0.137. The summed E-state index contributed by atoms with van der Waals surface area (Å²) in [5.41, 5.74) is 8.80. The first kappa shape index (κ1) is 16.0. The van der Waals surface area contributed by atoms with Gasteiger partial charge in [-0.1, -0.05) is 43.7 Å². The Morgan fingerprint density at radius 2 is 2.05 bits per heavy atom. The van der Waals surface area contributed by atoms with Crippen LogP contribution in [0.5, 0.6) is 0 Å². The van der Waals surface area contributed by atoms with Crippen molar-refractivity contribution in [3.63, 3.8) is 0 Å². The molecule has 1 saturated heterocycles. The lowest BCUT2D eigenvalue weighted by Crippen LogP contribution is -2.50. The first-order valence-corrected chi connectivity index (χ1v) is 8.16. The summed E-state index contributed by atoms with van der Waals surface area (Å²) in [7, 11) is 0. The average Bonchev–Trinajstić information content (AvgIpc) is 2.47. The first-order valence-electron chi connectivity index (χ1n) is 8.16. The van der Waals surface area contributed by atoms with Crippen LogP contribution in [-0.2, 0) is 4.79 Å². The number of nitrogens with zero attached hydrogens (tertiary/aromatic N) is 1. The molecular weight excluding hydrogens is 260 g/mol. The second kappa shape index (κ2) is 7.08. The van der Waals surface area contributed by atoms with E-state index in [0.29, 0.717) is 12.5 Å². The fourth-order valence-corrected chi connectivity index (χ4v) is 3.38. The highest BCUT2D eigenvalue weighted by molar-refractivity contribution is 5.79. The van der Waals surface area contributed by atoms with Crippen LogP contribution in [0.4, 0.5) is 0 Å². The monoisotopic (exact) mass is 288 g/mol. The van der Waals surface area contributed by atoms with Crippen molar-refractivity contribution in [2.45, 2.75) is 52.0 Å². The first-order chi connectivity index (χ1) is 10.0. The second-order valence-corrected chi connectivity index (χ2v) is 6.36. The number of rotatable bonds is 4. The molecule has 2 atom stereocenters. The van der Waals surface area contributed by atoms with Gasteiger partial charge in [0.05, 0.1) is 0 Å². The van der Waals surface area contributed by atoms with Gasteiger partial charge >= 0.3 is 0 Å². The standard InChI is InChI=1S/C18H28N2O/c1-4-14(5-2)18(21)20-11-16(10-17(19)12-20)15-8-6-7-13(3)9-15/h6-9,14,16-17H,4-5,10-12,19H2,1-3H3. The summed E-state index contributed by atoms with van der Waals surface area (Å²) in [6.07, 6.45) is 2.79. The molecule has 2 rings (SSSR count). The maximum absolute atomic E-state index is 12.6. The number of nitrogens with two attached hydrogens (primary N) is 1.